The highest BCUT2D eigenvalue weighted by Gasteiger charge is 2.18. The Morgan fingerprint density at radius 3 is 2.60 bits per heavy atom. The number of piperazine rings is 1. The van der Waals surface area contributed by atoms with Crippen LogP contribution in [-0.4, -0.2) is 48.5 Å². The number of anilines is 1. The van der Waals surface area contributed by atoms with Crippen LogP contribution >= 0.6 is 22.9 Å². The minimum Gasteiger partial charge on any atom is -0.344 e. The summed E-state index contributed by atoms with van der Waals surface area (Å²) in [4.78, 5) is 21.6. The fourth-order valence-corrected chi connectivity index (χ4v) is 4.66. The molecule has 0 spiro atoms. The van der Waals surface area contributed by atoms with E-state index in [1.54, 1.807) is 11.3 Å². The SMILES string of the molecule is CCN(Cc1ccc(C(=O)N2CCNCC2)cc1)c1nc(-c2ccccc2Cl)cs1. The Balaban J connectivity index is 1.45. The zero-order valence-corrected chi connectivity index (χ0v) is 18.5. The minimum absolute atomic E-state index is 0.111. The molecule has 4 rings (SSSR count). The Kier molecular flexibility index (Phi) is 6.67. The highest BCUT2D eigenvalue weighted by atomic mass is 35.5. The molecule has 3 aromatic rings. The molecule has 1 fully saturated rings. The molecule has 30 heavy (non-hydrogen) atoms. The van der Waals surface area contributed by atoms with E-state index in [0.717, 1.165) is 66.8 Å². The van der Waals surface area contributed by atoms with Crippen LogP contribution in [0, 0.1) is 0 Å². The predicted molar refractivity (Wildman–Crippen MR) is 124 cm³/mol. The number of benzene rings is 2. The third kappa shape index (κ3) is 4.67. The number of halogens is 1. The molecule has 1 aromatic heterocycles. The van der Waals surface area contributed by atoms with Crippen LogP contribution in [0.5, 0.6) is 0 Å². The second kappa shape index (κ2) is 9.60. The van der Waals surface area contributed by atoms with E-state index in [9.17, 15) is 4.79 Å². The Bertz CT molecular complexity index is 998. The molecule has 1 aliphatic rings. The van der Waals surface area contributed by atoms with Crippen molar-refractivity contribution in [3.05, 3.63) is 70.1 Å². The van der Waals surface area contributed by atoms with Gasteiger partial charge in [0, 0.05) is 60.8 Å². The second-order valence-electron chi connectivity index (χ2n) is 7.25. The van der Waals surface area contributed by atoms with Crippen molar-refractivity contribution in [2.45, 2.75) is 13.5 Å². The minimum atomic E-state index is 0.111. The van der Waals surface area contributed by atoms with Crippen molar-refractivity contribution in [1.29, 1.82) is 0 Å². The molecule has 0 radical (unpaired) electrons. The molecule has 0 atom stereocenters. The lowest BCUT2D eigenvalue weighted by Crippen LogP contribution is -2.46. The van der Waals surface area contributed by atoms with E-state index in [1.807, 2.05) is 53.4 Å². The van der Waals surface area contributed by atoms with Crippen molar-refractivity contribution in [1.82, 2.24) is 15.2 Å². The fraction of sp³-hybridized carbons (Fsp3) is 0.304. The number of amides is 1. The van der Waals surface area contributed by atoms with E-state index in [4.69, 9.17) is 16.6 Å². The lowest BCUT2D eigenvalue weighted by Gasteiger charge is -2.27. The highest BCUT2D eigenvalue weighted by molar-refractivity contribution is 7.14. The lowest BCUT2D eigenvalue weighted by atomic mass is 10.1. The normalized spacial score (nSPS) is 14.0. The number of carbonyl (C=O) groups excluding carboxylic acids is 1. The molecule has 2 aromatic carbocycles. The summed E-state index contributed by atoms with van der Waals surface area (Å²) in [6.07, 6.45) is 0. The van der Waals surface area contributed by atoms with E-state index in [-0.39, 0.29) is 5.91 Å². The third-order valence-corrected chi connectivity index (χ3v) is 6.50. The quantitative estimate of drug-likeness (QED) is 0.611. The Morgan fingerprint density at radius 1 is 1.17 bits per heavy atom. The van der Waals surface area contributed by atoms with Crippen LogP contribution in [0.15, 0.2) is 53.9 Å². The first-order chi connectivity index (χ1) is 14.7. The standard InChI is InChI=1S/C23H25ClN4OS/c1-2-27(23-26-21(16-30-23)19-5-3-4-6-20(19)24)15-17-7-9-18(10-8-17)22(29)28-13-11-25-12-14-28/h3-10,16,25H,2,11-15H2,1H3. The van der Waals surface area contributed by atoms with E-state index in [1.165, 1.54) is 0 Å². The smallest absolute Gasteiger partial charge is 0.253 e. The second-order valence-corrected chi connectivity index (χ2v) is 8.49. The van der Waals surface area contributed by atoms with E-state index in [2.05, 4.69) is 22.5 Å². The van der Waals surface area contributed by atoms with Crippen LogP contribution < -0.4 is 10.2 Å². The summed E-state index contributed by atoms with van der Waals surface area (Å²) < 4.78 is 0. The average Bonchev–Trinajstić information content (AvgIpc) is 3.28. The molecule has 1 amide bonds. The van der Waals surface area contributed by atoms with Gasteiger partial charge in [0.05, 0.1) is 5.69 Å². The molecular weight excluding hydrogens is 416 g/mol. The van der Waals surface area contributed by atoms with Gasteiger partial charge >= 0.3 is 0 Å². The van der Waals surface area contributed by atoms with E-state index >= 15 is 0 Å². The van der Waals surface area contributed by atoms with Crippen molar-refractivity contribution in [3.8, 4) is 11.3 Å². The number of aromatic nitrogens is 1. The summed E-state index contributed by atoms with van der Waals surface area (Å²) in [5.41, 5.74) is 3.76. The molecule has 5 nitrogen and oxygen atoms in total. The number of hydrogen-bond donors (Lipinski definition) is 1. The molecule has 0 bridgehead atoms. The van der Waals surface area contributed by atoms with Crippen LogP contribution in [-0.2, 0) is 6.54 Å². The maximum Gasteiger partial charge on any atom is 0.253 e. The molecular formula is C23H25ClN4OS. The van der Waals surface area contributed by atoms with Crippen molar-refractivity contribution in [3.63, 3.8) is 0 Å². The average molecular weight is 441 g/mol. The summed E-state index contributed by atoms with van der Waals surface area (Å²) in [6.45, 7) is 6.96. The molecule has 0 saturated carbocycles. The fourth-order valence-electron chi connectivity index (χ4n) is 3.54. The van der Waals surface area contributed by atoms with Crippen LogP contribution in [0.1, 0.15) is 22.8 Å². The van der Waals surface area contributed by atoms with E-state index < -0.39 is 0 Å². The van der Waals surface area contributed by atoms with Crippen molar-refractivity contribution in [2.75, 3.05) is 37.6 Å². The molecule has 1 saturated heterocycles. The largest absolute Gasteiger partial charge is 0.344 e. The summed E-state index contributed by atoms with van der Waals surface area (Å²) in [7, 11) is 0. The van der Waals surface area contributed by atoms with Gasteiger partial charge in [-0.05, 0) is 30.7 Å². The number of carbonyl (C=O) groups is 1. The zero-order chi connectivity index (χ0) is 20.9. The lowest BCUT2D eigenvalue weighted by molar-refractivity contribution is 0.0736. The van der Waals surface area contributed by atoms with Crippen molar-refractivity contribution < 1.29 is 4.79 Å². The number of nitrogens with one attached hydrogen (secondary N) is 1. The third-order valence-electron chi connectivity index (χ3n) is 5.27. The maximum atomic E-state index is 12.6. The van der Waals surface area contributed by atoms with Gasteiger partial charge in [0.25, 0.3) is 5.91 Å². The summed E-state index contributed by atoms with van der Waals surface area (Å²) in [5.74, 6) is 0.111. The number of hydrogen-bond acceptors (Lipinski definition) is 5. The van der Waals surface area contributed by atoms with Gasteiger partial charge in [-0.2, -0.15) is 0 Å². The van der Waals surface area contributed by atoms with Crippen LogP contribution in [0.25, 0.3) is 11.3 Å². The maximum absolute atomic E-state index is 12.6. The first-order valence-corrected chi connectivity index (χ1v) is 11.5. The zero-order valence-electron chi connectivity index (χ0n) is 17.0. The molecule has 7 heteroatoms. The summed E-state index contributed by atoms with van der Waals surface area (Å²) >= 11 is 7.95. The molecule has 0 unspecified atom stereocenters. The van der Waals surface area contributed by atoms with Crippen molar-refractivity contribution >= 4 is 34.0 Å². The van der Waals surface area contributed by atoms with Gasteiger partial charge in [-0.1, -0.05) is 41.9 Å². The van der Waals surface area contributed by atoms with Gasteiger partial charge in [-0.25, -0.2) is 4.98 Å². The Labute approximate surface area is 186 Å². The Morgan fingerprint density at radius 2 is 1.90 bits per heavy atom. The highest BCUT2D eigenvalue weighted by Crippen LogP contribution is 2.32. The first-order valence-electron chi connectivity index (χ1n) is 10.2. The van der Waals surface area contributed by atoms with Crippen LogP contribution in [0.3, 0.4) is 0 Å². The van der Waals surface area contributed by atoms with Gasteiger partial charge in [0.1, 0.15) is 0 Å². The van der Waals surface area contributed by atoms with Gasteiger partial charge < -0.3 is 15.1 Å². The van der Waals surface area contributed by atoms with Gasteiger partial charge in [-0.15, -0.1) is 11.3 Å². The van der Waals surface area contributed by atoms with Crippen LogP contribution in [0.2, 0.25) is 5.02 Å². The van der Waals surface area contributed by atoms with E-state index in [0.29, 0.717) is 5.02 Å². The predicted octanol–water partition coefficient (Wildman–Crippen LogP) is 4.54. The number of nitrogens with zero attached hydrogens (tertiary/aromatic N) is 3. The van der Waals surface area contributed by atoms with Crippen molar-refractivity contribution in [2.24, 2.45) is 0 Å². The number of rotatable bonds is 6. The van der Waals surface area contributed by atoms with Gasteiger partial charge in [0.2, 0.25) is 0 Å². The first kappa shape index (κ1) is 20.8. The topological polar surface area (TPSA) is 48.5 Å². The molecule has 156 valence electrons. The molecule has 2 heterocycles. The summed E-state index contributed by atoms with van der Waals surface area (Å²) in [6, 6.07) is 15.7. The molecule has 1 aliphatic heterocycles. The summed E-state index contributed by atoms with van der Waals surface area (Å²) in [5, 5.41) is 7.00. The van der Waals surface area contributed by atoms with Gasteiger partial charge in [-0.3, -0.25) is 4.79 Å². The molecule has 0 aliphatic carbocycles. The number of thiazole rings is 1. The van der Waals surface area contributed by atoms with Crippen LogP contribution in [0.4, 0.5) is 5.13 Å². The Hall–Kier alpha value is -2.41. The van der Waals surface area contributed by atoms with Gasteiger partial charge in [0.15, 0.2) is 5.13 Å². The monoisotopic (exact) mass is 440 g/mol. The molecule has 1 N–H and O–H groups in total.